The zero-order valence-electron chi connectivity index (χ0n) is 11.0. The molecule has 2 rings (SSSR count). The van der Waals surface area contributed by atoms with Crippen LogP contribution in [0.5, 0.6) is 0 Å². The van der Waals surface area contributed by atoms with E-state index in [0.29, 0.717) is 0 Å². The number of hydrogen-bond acceptors (Lipinski definition) is 3. The predicted molar refractivity (Wildman–Crippen MR) is 72.7 cm³/mol. The summed E-state index contributed by atoms with van der Waals surface area (Å²) in [5.74, 6) is 1.58. The summed E-state index contributed by atoms with van der Waals surface area (Å²) in [5.41, 5.74) is 1.10. The van der Waals surface area contributed by atoms with Gasteiger partial charge in [-0.05, 0) is 25.2 Å². The average Bonchev–Trinajstić information content (AvgIpc) is 2.55. The molecule has 0 N–H and O–H groups in total. The molecule has 0 bridgehead atoms. The zero-order chi connectivity index (χ0) is 12.4. The Morgan fingerprint density at radius 1 is 1.29 bits per heavy atom. The van der Waals surface area contributed by atoms with E-state index >= 15 is 0 Å². The highest BCUT2D eigenvalue weighted by molar-refractivity contribution is 7.07. The molecule has 17 heavy (non-hydrogen) atoms. The van der Waals surface area contributed by atoms with Crippen molar-refractivity contribution in [1.82, 2.24) is 9.47 Å². The van der Waals surface area contributed by atoms with Crippen LogP contribution in [-0.4, -0.2) is 29.1 Å². The first kappa shape index (κ1) is 12.8. The molecule has 1 aliphatic heterocycles. The van der Waals surface area contributed by atoms with Gasteiger partial charge in [0.1, 0.15) is 0 Å². The van der Waals surface area contributed by atoms with E-state index in [-0.39, 0.29) is 4.87 Å². The summed E-state index contributed by atoms with van der Waals surface area (Å²) >= 11 is 1.31. The van der Waals surface area contributed by atoms with Crippen LogP contribution in [-0.2, 0) is 6.54 Å². The second-order valence-electron chi connectivity index (χ2n) is 5.50. The number of piperidine rings is 1. The molecule has 2 heterocycles. The van der Waals surface area contributed by atoms with Crippen LogP contribution >= 0.6 is 11.3 Å². The van der Waals surface area contributed by atoms with E-state index in [2.05, 4.69) is 18.7 Å². The van der Waals surface area contributed by atoms with Crippen molar-refractivity contribution < 1.29 is 0 Å². The lowest BCUT2D eigenvalue weighted by atomic mass is 9.92. The normalized spacial score (nSPS) is 26.3. The second kappa shape index (κ2) is 5.36. The zero-order valence-corrected chi connectivity index (χ0v) is 11.8. The number of aromatic nitrogens is 1. The standard InChI is InChI=1S/C13H22N2OS/c1-10-6-11(2)8-14(7-10)4-5-15-12(3)9-17-13(15)16/h9-11H,4-8H2,1-3H3. The minimum atomic E-state index is 0.181. The smallest absolute Gasteiger partial charge is 0.302 e. The molecule has 1 aromatic heterocycles. The first-order valence-electron chi connectivity index (χ1n) is 6.43. The number of hydrogen-bond donors (Lipinski definition) is 0. The fraction of sp³-hybridized carbons (Fsp3) is 0.769. The minimum Gasteiger partial charge on any atom is -0.302 e. The molecule has 4 heteroatoms. The molecule has 0 radical (unpaired) electrons. The van der Waals surface area contributed by atoms with Crippen molar-refractivity contribution in [2.45, 2.75) is 33.7 Å². The monoisotopic (exact) mass is 254 g/mol. The van der Waals surface area contributed by atoms with Gasteiger partial charge >= 0.3 is 4.87 Å². The first-order chi connectivity index (χ1) is 8.06. The summed E-state index contributed by atoms with van der Waals surface area (Å²) in [6.07, 6.45) is 1.34. The Morgan fingerprint density at radius 2 is 1.94 bits per heavy atom. The topological polar surface area (TPSA) is 25.2 Å². The van der Waals surface area contributed by atoms with Gasteiger partial charge in [0.15, 0.2) is 0 Å². The number of thiazole rings is 1. The first-order valence-corrected chi connectivity index (χ1v) is 7.31. The fourth-order valence-electron chi connectivity index (χ4n) is 2.89. The van der Waals surface area contributed by atoms with Crippen molar-refractivity contribution >= 4 is 11.3 Å². The van der Waals surface area contributed by atoms with E-state index < -0.39 is 0 Å². The van der Waals surface area contributed by atoms with Crippen molar-refractivity contribution in [2.75, 3.05) is 19.6 Å². The van der Waals surface area contributed by atoms with Gasteiger partial charge in [0.25, 0.3) is 0 Å². The van der Waals surface area contributed by atoms with E-state index in [9.17, 15) is 4.79 Å². The summed E-state index contributed by atoms with van der Waals surface area (Å²) in [6, 6.07) is 0. The van der Waals surface area contributed by atoms with Gasteiger partial charge in [-0.3, -0.25) is 4.79 Å². The molecule has 0 aromatic carbocycles. The van der Waals surface area contributed by atoms with Crippen molar-refractivity contribution in [3.05, 3.63) is 20.7 Å². The summed E-state index contributed by atoms with van der Waals surface area (Å²) in [5, 5.41) is 1.95. The third-order valence-electron chi connectivity index (χ3n) is 3.56. The summed E-state index contributed by atoms with van der Waals surface area (Å²) in [6.45, 7) is 10.9. The summed E-state index contributed by atoms with van der Waals surface area (Å²) in [4.78, 5) is 14.3. The molecule has 0 spiro atoms. The molecular weight excluding hydrogens is 232 g/mol. The maximum atomic E-state index is 11.6. The lowest BCUT2D eigenvalue weighted by molar-refractivity contribution is 0.136. The van der Waals surface area contributed by atoms with Gasteiger partial charge in [-0.2, -0.15) is 0 Å². The molecule has 0 amide bonds. The highest BCUT2D eigenvalue weighted by Gasteiger charge is 2.21. The van der Waals surface area contributed by atoms with Gasteiger partial charge in [0.2, 0.25) is 0 Å². The van der Waals surface area contributed by atoms with Crippen LogP contribution in [0, 0.1) is 18.8 Å². The molecular formula is C13H22N2OS. The number of rotatable bonds is 3. The minimum absolute atomic E-state index is 0.181. The van der Waals surface area contributed by atoms with Crippen molar-refractivity contribution in [1.29, 1.82) is 0 Å². The molecule has 2 atom stereocenters. The number of aryl methyl sites for hydroxylation is 1. The van der Waals surface area contributed by atoms with Crippen LogP contribution in [0.2, 0.25) is 0 Å². The highest BCUT2D eigenvalue weighted by Crippen LogP contribution is 2.20. The SMILES string of the molecule is Cc1csc(=O)n1CCN1CC(C)CC(C)C1. The van der Waals surface area contributed by atoms with E-state index in [1.165, 1.54) is 30.8 Å². The molecule has 96 valence electrons. The Hall–Kier alpha value is -0.610. The lowest BCUT2D eigenvalue weighted by Crippen LogP contribution is -2.40. The van der Waals surface area contributed by atoms with Gasteiger partial charge in [-0.1, -0.05) is 25.2 Å². The Bertz CT molecular complexity index is 413. The Labute approximate surface area is 107 Å². The molecule has 1 saturated heterocycles. The van der Waals surface area contributed by atoms with Crippen LogP contribution in [0.3, 0.4) is 0 Å². The number of likely N-dealkylation sites (tertiary alicyclic amines) is 1. The highest BCUT2D eigenvalue weighted by atomic mass is 32.1. The van der Waals surface area contributed by atoms with E-state index in [0.717, 1.165) is 30.6 Å². The van der Waals surface area contributed by atoms with Crippen molar-refractivity contribution in [3.8, 4) is 0 Å². The van der Waals surface area contributed by atoms with Crippen LogP contribution in [0.25, 0.3) is 0 Å². The van der Waals surface area contributed by atoms with E-state index in [1.807, 2.05) is 16.9 Å². The lowest BCUT2D eigenvalue weighted by Gasteiger charge is -2.34. The van der Waals surface area contributed by atoms with Crippen molar-refractivity contribution in [2.24, 2.45) is 11.8 Å². The molecule has 1 aliphatic rings. The summed E-state index contributed by atoms with van der Waals surface area (Å²) < 4.78 is 1.90. The second-order valence-corrected chi connectivity index (χ2v) is 6.32. The van der Waals surface area contributed by atoms with Crippen molar-refractivity contribution in [3.63, 3.8) is 0 Å². The largest absolute Gasteiger partial charge is 0.307 e. The van der Waals surface area contributed by atoms with Gasteiger partial charge in [-0.25, -0.2) is 0 Å². The Balaban J connectivity index is 1.92. The predicted octanol–water partition coefficient (Wildman–Crippen LogP) is 2.20. The van der Waals surface area contributed by atoms with Gasteiger partial charge in [0.05, 0.1) is 0 Å². The molecule has 1 fully saturated rings. The van der Waals surface area contributed by atoms with Gasteiger partial charge < -0.3 is 9.47 Å². The van der Waals surface area contributed by atoms with E-state index in [4.69, 9.17) is 0 Å². The third-order valence-corrected chi connectivity index (χ3v) is 4.44. The number of nitrogens with zero attached hydrogens (tertiary/aromatic N) is 2. The molecule has 3 nitrogen and oxygen atoms in total. The van der Waals surface area contributed by atoms with Gasteiger partial charge in [-0.15, -0.1) is 0 Å². The molecule has 2 unspecified atom stereocenters. The van der Waals surface area contributed by atoms with Crippen LogP contribution in [0.15, 0.2) is 10.2 Å². The van der Waals surface area contributed by atoms with Crippen LogP contribution in [0.1, 0.15) is 26.0 Å². The Morgan fingerprint density at radius 3 is 2.47 bits per heavy atom. The Kier molecular flexibility index (Phi) is 4.05. The average molecular weight is 254 g/mol. The maximum Gasteiger partial charge on any atom is 0.307 e. The maximum absolute atomic E-state index is 11.6. The van der Waals surface area contributed by atoms with Gasteiger partial charge in [0, 0.05) is 37.3 Å². The van der Waals surface area contributed by atoms with Crippen LogP contribution < -0.4 is 4.87 Å². The van der Waals surface area contributed by atoms with Crippen LogP contribution in [0.4, 0.5) is 0 Å². The molecule has 0 saturated carbocycles. The summed E-state index contributed by atoms with van der Waals surface area (Å²) in [7, 11) is 0. The third kappa shape index (κ3) is 3.19. The molecule has 0 aliphatic carbocycles. The van der Waals surface area contributed by atoms with E-state index in [1.54, 1.807) is 0 Å². The quantitative estimate of drug-likeness (QED) is 0.826. The fourth-order valence-corrected chi connectivity index (χ4v) is 3.65. The molecule has 1 aromatic rings.